The number of ether oxygens (including phenoxy) is 2. The third-order valence-corrected chi connectivity index (χ3v) is 3.38. The zero-order chi connectivity index (χ0) is 12.3. The quantitative estimate of drug-likeness (QED) is 0.792. The molecule has 2 aliphatic rings. The summed E-state index contributed by atoms with van der Waals surface area (Å²) in [5.74, 6) is -0.833. The van der Waals surface area contributed by atoms with Gasteiger partial charge < -0.3 is 14.6 Å². The van der Waals surface area contributed by atoms with E-state index in [9.17, 15) is 4.79 Å². The molecule has 0 aliphatic carbocycles. The number of nitrogens with zero attached hydrogens (tertiary/aromatic N) is 1. The maximum Gasteiger partial charge on any atom is 0.332 e. The molecule has 5 heteroatoms. The molecule has 0 radical (unpaired) electrons. The molecule has 0 amide bonds. The first-order valence-electron chi connectivity index (χ1n) is 6.37. The van der Waals surface area contributed by atoms with Crippen LogP contribution in [0.25, 0.3) is 0 Å². The van der Waals surface area contributed by atoms with Crippen molar-refractivity contribution in [3.8, 4) is 0 Å². The first-order valence-corrected chi connectivity index (χ1v) is 6.37. The van der Waals surface area contributed by atoms with Gasteiger partial charge in [-0.1, -0.05) is 0 Å². The van der Waals surface area contributed by atoms with Gasteiger partial charge in [0.05, 0.1) is 12.2 Å². The van der Waals surface area contributed by atoms with Crippen LogP contribution in [0.5, 0.6) is 0 Å². The molecule has 0 spiro atoms. The number of hydrogen-bond acceptors (Lipinski definition) is 4. The predicted molar refractivity (Wildman–Crippen MR) is 62.0 cm³/mol. The molecule has 2 heterocycles. The van der Waals surface area contributed by atoms with Crippen LogP contribution in [0.1, 0.15) is 26.2 Å². The summed E-state index contributed by atoms with van der Waals surface area (Å²) in [4.78, 5) is 13.1. The Balaban J connectivity index is 1.78. The SMILES string of the molecule is CC1CN(CC2CCC(C(=O)O)O2)CCCO1. The summed E-state index contributed by atoms with van der Waals surface area (Å²) in [6.45, 7) is 5.66. The monoisotopic (exact) mass is 243 g/mol. The molecule has 0 aromatic heterocycles. The first-order chi connectivity index (χ1) is 8.15. The van der Waals surface area contributed by atoms with Gasteiger partial charge in [-0.25, -0.2) is 4.79 Å². The molecular formula is C12H21NO4. The van der Waals surface area contributed by atoms with Crippen LogP contribution in [0.15, 0.2) is 0 Å². The summed E-state index contributed by atoms with van der Waals surface area (Å²) in [5, 5.41) is 8.87. The molecule has 98 valence electrons. The highest BCUT2D eigenvalue weighted by Crippen LogP contribution is 2.21. The van der Waals surface area contributed by atoms with Gasteiger partial charge in [-0.3, -0.25) is 4.90 Å². The Morgan fingerprint density at radius 1 is 1.47 bits per heavy atom. The van der Waals surface area contributed by atoms with Crippen LogP contribution in [0.4, 0.5) is 0 Å². The number of carboxylic acid groups (broad SMARTS) is 1. The fraction of sp³-hybridized carbons (Fsp3) is 0.917. The minimum absolute atomic E-state index is 0.0707. The third kappa shape index (κ3) is 3.66. The molecule has 2 fully saturated rings. The van der Waals surface area contributed by atoms with E-state index in [0.29, 0.717) is 6.42 Å². The van der Waals surface area contributed by atoms with Gasteiger partial charge in [0.25, 0.3) is 0 Å². The normalized spacial score (nSPS) is 35.7. The fourth-order valence-electron chi connectivity index (χ4n) is 2.56. The summed E-state index contributed by atoms with van der Waals surface area (Å²) in [5.41, 5.74) is 0. The van der Waals surface area contributed by atoms with Gasteiger partial charge in [0.15, 0.2) is 6.10 Å². The van der Waals surface area contributed by atoms with Crippen molar-refractivity contribution in [2.24, 2.45) is 0 Å². The lowest BCUT2D eigenvalue weighted by atomic mass is 10.2. The van der Waals surface area contributed by atoms with Crippen LogP contribution in [0.3, 0.4) is 0 Å². The minimum Gasteiger partial charge on any atom is -0.479 e. The molecule has 17 heavy (non-hydrogen) atoms. The molecular weight excluding hydrogens is 222 g/mol. The molecule has 2 saturated heterocycles. The molecule has 3 unspecified atom stereocenters. The van der Waals surface area contributed by atoms with E-state index in [1.165, 1.54) is 0 Å². The lowest BCUT2D eigenvalue weighted by Crippen LogP contribution is -2.37. The second kappa shape index (κ2) is 5.80. The minimum atomic E-state index is -0.833. The van der Waals surface area contributed by atoms with Crippen molar-refractivity contribution in [3.63, 3.8) is 0 Å². The number of hydrogen-bond donors (Lipinski definition) is 1. The lowest BCUT2D eigenvalue weighted by molar-refractivity contribution is -0.149. The summed E-state index contributed by atoms with van der Waals surface area (Å²) < 4.78 is 11.1. The van der Waals surface area contributed by atoms with Crippen LogP contribution < -0.4 is 0 Å². The zero-order valence-corrected chi connectivity index (χ0v) is 10.3. The van der Waals surface area contributed by atoms with Gasteiger partial charge >= 0.3 is 5.97 Å². The van der Waals surface area contributed by atoms with Gasteiger partial charge in [0.1, 0.15) is 0 Å². The number of carbonyl (C=O) groups is 1. The predicted octanol–water partition coefficient (Wildman–Crippen LogP) is 0.729. The number of rotatable bonds is 3. The molecule has 0 aromatic rings. The molecule has 2 rings (SSSR count). The highest BCUT2D eigenvalue weighted by molar-refractivity contribution is 5.72. The van der Waals surface area contributed by atoms with E-state index in [2.05, 4.69) is 11.8 Å². The van der Waals surface area contributed by atoms with Crippen molar-refractivity contribution in [1.29, 1.82) is 0 Å². The molecule has 0 saturated carbocycles. The standard InChI is InChI=1S/C12H21NO4/c1-9-7-13(5-2-6-16-9)8-10-3-4-11(17-10)12(14)15/h9-11H,2-8H2,1H3,(H,14,15). The van der Waals surface area contributed by atoms with Crippen LogP contribution in [0.2, 0.25) is 0 Å². The Hall–Kier alpha value is -0.650. The van der Waals surface area contributed by atoms with Gasteiger partial charge in [0.2, 0.25) is 0 Å². The maximum absolute atomic E-state index is 10.8. The third-order valence-electron chi connectivity index (χ3n) is 3.38. The van der Waals surface area contributed by atoms with Crippen molar-refractivity contribution < 1.29 is 19.4 Å². The van der Waals surface area contributed by atoms with Gasteiger partial charge in [-0.05, 0) is 26.2 Å². The number of carboxylic acids is 1. The summed E-state index contributed by atoms with van der Waals surface area (Å²) >= 11 is 0. The molecule has 0 aromatic carbocycles. The van der Waals surface area contributed by atoms with E-state index < -0.39 is 12.1 Å². The molecule has 3 atom stereocenters. The highest BCUT2D eigenvalue weighted by atomic mass is 16.5. The van der Waals surface area contributed by atoms with Crippen molar-refractivity contribution >= 4 is 5.97 Å². The van der Waals surface area contributed by atoms with Crippen molar-refractivity contribution in [2.75, 3.05) is 26.2 Å². The number of aliphatic carboxylic acids is 1. The van der Waals surface area contributed by atoms with E-state index >= 15 is 0 Å². The zero-order valence-electron chi connectivity index (χ0n) is 10.3. The fourth-order valence-corrected chi connectivity index (χ4v) is 2.56. The van der Waals surface area contributed by atoms with Crippen molar-refractivity contribution in [1.82, 2.24) is 4.90 Å². The van der Waals surface area contributed by atoms with Crippen LogP contribution >= 0.6 is 0 Å². The largest absolute Gasteiger partial charge is 0.479 e. The molecule has 5 nitrogen and oxygen atoms in total. The Bertz CT molecular complexity index is 271. The topological polar surface area (TPSA) is 59.0 Å². The Morgan fingerprint density at radius 2 is 2.29 bits per heavy atom. The van der Waals surface area contributed by atoms with E-state index in [1.54, 1.807) is 0 Å². The Kier molecular flexibility index (Phi) is 4.36. The summed E-state index contributed by atoms with van der Waals surface area (Å²) in [7, 11) is 0. The first kappa shape index (κ1) is 12.8. The Morgan fingerprint density at radius 3 is 3.00 bits per heavy atom. The smallest absolute Gasteiger partial charge is 0.332 e. The second-order valence-corrected chi connectivity index (χ2v) is 4.96. The average Bonchev–Trinajstić information content (AvgIpc) is 2.63. The van der Waals surface area contributed by atoms with E-state index in [0.717, 1.165) is 39.1 Å². The molecule has 0 bridgehead atoms. The average molecular weight is 243 g/mol. The van der Waals surface area contributed by atoms with Crippen molar-refractivity contribution in [2.45, 2.75) is 44.5 Å². The maximum atomic E-state index is 10.8. The second-order valence-electron chi connectivity index (χ2n) is 4.96. The van der Waals surface area contributed by atoms with Crippen molar-refractivity contribution in [3.05, 3.63) is 0 Å². The van der Waals surface area contributed by atoms with Crippen LogP contribution in [-0.2, 0) is 14.3 Å². The molecule has 2 aliphatic heterocycles. The van der Waals surface area contributed by atoms with Gasteiger partial charge in [-0.15, -0.1) is 0 Å². The van der Waals surface area contributed by atoms with Gasteiger partial charge in [0, 0.05) is 26.2 Å². The lowest BCUT2D eigenvalue weighted by Gasteiger charge is -2.24. The van der Waals surface area contributed by atoms with Crippen LogP contribution in [0, 0.1) is 0 Å². The summed E-state index contributed by atoms with van der Waals surface area (Å²) in [6.07, 6.45) is 2.26. The van der Waals surface area contributed by atoms with E-state index in [4.69, 9.17) is 14.6 Å². The van der Waals surface area contributed by atoms with E-state index in [1.807, 2.05) is 0 Å². The van der Waals surface area contributed by atoms with Crippen LogP contribution in [-0.4, -0.2) is 60.5 Å². The molecule has 1 N–H and O–H groups in total. The highest BCUT2D eigenvalue weighted by Gasteiger charge is 2.31. The van der Waals surface area contributed by atoms with E-state index in [-0.39, 0.29) is 12.2 Å². The van der Waals surface area contributed by atoms with Gasteiger partial charge in [-0.2, -0.15) is 0 Å². The summed E-state index contributed by atoms with van der Waals surface area (Å²) in [6, 6.07) is 0. The Labute approximate surface area is 102 Å².